The summed E-state index contributed by atoms with van der Waals surface area (Å²) in [5.41, 5.74) is 1.92. The number of para-hydroxylation sites is 1. The van der Waals surface area contributed by atoms with Crippen LogP contribution in [0.3, 0.4) is 0 Å². The van der Waals surface area contributed by atoms with Crippen molar-refractivity contribution in [1.82, 2.24) is 15.1 Å². The van der Waals surface area contributed by atoms with E-state index in [-0.39, 0.29) is 12.5 Å². The molecule has 0 spiro atoms. The number of oxazole rings is 1. The van der Waals surface area contributed by atoms with Gasteiger partial charge in [0.25, 0.3) is 5.91 Å². The maximum Gasteiger partial charge on any atom is 0.259 e. The molecule has 28 heavy (non-hydrogen) atoms. The number of hydrogen-bond donors (Lipinski definition) is 1. The third-order valence-corrected chi connectivity index (χ3v) is 3.92. The van der Waals surface area contributed by atoms with Crippen LogP contribution in [0.1, 0.15) is 22.1 Å². The normalized spacial score (nSPS) is 10.6. The zero-order valence-corrected chi connectivity index (χ0v) is 15.0. The van der Waals surface area contributed by atoms with Crippen LogP contribution in [0, 0.1) is 6.92 Å². The minimum atomic E-state index is -0.285. The highest BCUT2D eigenvalue weighted by Gasteiger charge is 2.14. The summed E-state index contributed by atoms with van der Waals surface area (Å²) in [6, 6.07) is 14.2. The number of benzene rings is 2. The van der Waals surface area contributed by atoms with Crippen molar-refractivity contribution in [3.8, 4) is 17.1 Å². The summed E-state index contributed by atoms with van der Waals surface area (Å²) in [6.07, 6.45) is 3.00. The van der Waals surface area contributed by atoms with E-state index < -0.39 is 0 Å². The fraction of sp³-hybridized carbons (Fsp3) is 0.100. The van der Waals surface area contributed by atoms with E-state index in [0.29, 0.717) is 34.5 Å². The highest BCUT2D eigenvalue weighted by Crippen LogP contribution is 2.23. The fourth-order valence-corrected chi connectivity index (χ4v) is 2.60. The zero-order valence-electron chi connectivity index (χ0n) is 15.0. The number of ether oxygens (including phenoxy) is 1. The van der Waals surface area contributed by atoms with Crippen LogP contribution in [0.5, 0.6) is 5.75 Å². The standard InChI is InChI=1S/C20H16N4O4/c1-13-22-19(24-28-13)11-26-17-5-3-2-4-16(17)20(25)23-15-8-6-14(7-9-15)18-10-21-12-27-18/h2-10,12H,11H2,1H3,(H,23,25). The van der Waals surface area contributed by atoms with Crippen LogP contribution in [0.2, 0.25) is 0 Å². The first-order chi connectivity index (χ1) is 13.7. The third-order valence-electron chi connectivity index (χ3n) is 3.92. The first kappa shape index (κ1) is 17.5. The Labute approximate surface area is 160 Å². The van der Waals surface area contributed by atoms with Crippen LogP contribution in [-0.4, -0.2) is 21.0 Å². The number of anilines is 1. The lowest BCUT2D eigenvalue weighted by atomic mass is 10.1. The minimum absolute atomic E-state index is 0.105. The van der Waals surface area contributed by atoms with Crippen molar-refractivity contribution >= 4 is 11.6 Å². The third kappa shape index (κ3) is 3.90. The van der Waals surface area contributed by atoms with Crippen molar-refractivity contribution in [1.29, 1.82) is 0 Å². The number of carbonyl (C=O) groups is 1. The number of rotatable bonds is 6. The summed E-state index contributed by atoms with van der Waals surface area (Å²) in [6.45, 7) is 1.80. The van der Waals surface area contributed by atoms with Crippen molar-refractivity contribution in [3.05, 3.63) is 78.4 Å². The molecule has 0 aliphatic heterocycles. The summed E-state index contributed by atoms with van der Waals surface area (Å²) in [4.78, 5) is 20.7. The van der Waals surface area contributed by atoms with Gasteiger partial charge < -0.3 is 19.0 Å². The van der Waals surface area contributed by atoms with Crippen LogP contribution < -0.4 is 10.1 Å². The van der Waals surface area contributed by atoms with E-state index in [9.17, 15) is 4.79 Å². The lowest BCUT2D eigenvalue weighted by Gasteiger charge is -2.11. The molecule has 0 unspecified atom stereocenters. The summed E-state index contributed by atoms with van der Waals surface area (Å²) in [5, 5.41) is 6.64. The van der Waals surface area contributed by atoms with Crippen molar-refractivity contribution in [2.45, 2.75) is 13.5 Å². The molecular formula is C20H16N4O4. The van der Waals surface area contributed by atoms with Gasteiger partial charge in [0.05, 0.1) is 11.8 Å². The Bertz CT molecular complexity index is 1070. The molecule has 0 aliphatic rings. The Hall–Kier alpha value is -3.94. The predicted molar refractivity (Wildman–Crippen MR) is 99.7 cm³/mol. The molecule has 2 aromatic carbocycles. The molecule has 0 atom stereocenters. The largest absolute Gasteiger partial charge is 0.485 e. The molecule has 0 bridgehead atoms. The first-order valence-electron chi connectivity index (χ1n) is 8.50. The number of carbonyl (C=O) groups excluding carboxylic acids is 1. The Morgan fingerprint density at radius 1 is 1.14 bits per heavy atom. The van der Waals surface area contributed by atoms with Crippen molar-refractivity contribution < 1.29 is 18.5 Å². The number of amides is 1. The molecule has 0 radical (unpaired) electrons. The monoisotopic (exact) mass is 376 g/mol. The molecule has 1 N–H and O–H groups in total. The van der Waals surface area contributed by atoms with E-state index >= 15 is 0 Å². The molecule has 0 fully saturated rings. The number of aryl methyl sites for hydroxylation is 1. The molecule has 0 saturated heterocycles. The van der Waals surface area contributed by atoms with Crippen LogP contribution in [-0.2, 0) is 6.61 Å². The predicted octanol–water partition coefficient (Wildman–Crippen LogP) is 3.86. The van der Waals surface area contributed by atoms with Crippen LogP contribution >= 0.6 is 0 Å². The van der Waals surface area contributed by atoms with Gasteiger partial charge in [-0.15, -0.1) is 0 Å². The second-order valence-electron chi connectivity index (χ2n) is 5.91. The summed E-state index contributed by atoms with van der Waals surface area (Å²) < 4.78 is 15.9. The lowest BCUT2D eigenvalue weighted by molar-refractivity contribution is 0.102. The van der Waals surface area contributed by atoms with Crippen LogP contribution in [0.4, 0.5) is 5.69 Å². The van der Waals surface area contributed by atoms with Gasteiger partial charge in [-0.2, -0.15) is 4.98 Å². The van der Waals surface area contributed by atoms with Crippen LogP contribution in [0.25, 0.3) is 11.3 Å². The number of nitrogens with one attached hydrogen (secondary N) is 1. The highest BCUT2D eigenvalue weighted by molar-refractivity contribution is 6.06. The average molecular weight is 376 g/mol. The van der Waals surface area contributed by atoms with Gasteiger partial charge in [0, 0.05) is 18.2 Å². The molecule has 2 aromatic heterocycles. The molecule has 2 heterocycles. The minimum Gasteiger partial charge on any atom is -0.485 e. The van der Waals surface area contributed by atoms with E-state index in [2.05, 4.69) is 20.4 Å². The maximum absolute atomic E-state index is 12.7. The highest BCUT2D eigenvalue weighted by atomic mass is 16.5. The van der Waals surface area contributed by atoms with Crippen molar-refractivity contribution in [2.24, 2.45) is 0 Å². The molecule has 0 saturated carbocycles. The lowest BCUT2D eigenvalue weighted by Crippen LogP contribution is -2.13. The van der Waals surface area contributed by atoms with Gasteiger partial charge in [0.15, 0.2) is 18.8 Å². The smallest absolute Gasteiger partial charge is 0.259 e. The van der Waals surface area contributed by atoms with Gasteiger partial charge in [0.2, 0.25) is 11.7 Å². The molecule has 4 rings (SSSR count). The molecule has 8 nitrogen and oxygen atoms in total. The Morgan fingerprint density at radius 2 is 1.96 bits per heavy atom. The van der Waals surface area contributed by atoms with E-state index in [1.165, 1.54) is 6.39 Å². The van der Waals surface area contributed by atoms with Gasteiger partial charge in [-0.3, -0.25) is 4.79 Å². The van der Waals surface area contributed by atoms with Gasteiger partial charge in [-0.1, -0.05) is 17.3 Å². The molecular weight excluding hydrogens is 360 g/mol. The molecule has 1 amide bonds. The average Bonchev–Trinajstić information content (AvgIpc) is 3.39. The van der Waals surface area contributed by atoms with Gasteiger partial charge >= 0.3 is 0 Å². The van der Waals surface area contributed by atoms with Gasteiger partial charge in [-0.05, 0) is 36.4 Å². The molecule has 4 aromatic rings. The molecule has 8 heteroatoms. The first-order valence-corrected chi connectivity index (χ1v) is 8.50. The SMILES string of the molecule is Cc1nc(COc2ccccc2C(=O)Nc2ccc(-c3cnco3)cc2)no1. The van der Waals surface area contributed by atoms with Gasteiger partial charge in [-0.25, -0.2) is 4.98 Å². The summed E-state index contributed by atoms with van der Waals surface area (Å²) >= 11 is 0. The van der Waals surface area contributed by atoms with Crippen molar-refractivity contribution in [3.63, 3.8) is 0 Å². The summed E-state index contributed by atoms with van der Waals surface area (Å²) in [5.74, 6) is 1.68. The Morgan fingerprint density at radius 3 is 2.68 bits per heavy atom. The van der Waals surface area contributed by atoms with Crippen LogP contribution in [0.15, 0.2) is 70.1 Å². The second-order valence-corrected chi connectivity index (χ2v) is 5.91. The molecule has 140 valence electrons. The number of aromatic nitrogens is 3. The Kier molecular flexibility index (Phi) is 4.83. The van der Waals surface area contributed by atoms with Gasteiger partial charge in [0.1, 0.15) is 5.75 Å². The molecule has 0 aliphatic carbocycles. The van der Waals surface area contributed by atoms with E-state index in [4.69, 9.17) is 13.7 Å². The maximum atomic E-state index is 12.7. The summed E-state index contributed by atoms with van der Waals surface area (Å²) in [7, 11) is 0. The van der Waals surface area contributed by atoms with E-state index in [0.717, 1.165) is 5.56 Å². The van der Waals surface area contributed by atoms with Crippen molar-refractivity contribution in [2.75, 3.05) is 5.32 Å². The number of nitrogens with zero attached hydrogens (tertiary/aromatic N) is 3. The topological polar surface area (TPSA) is 103 Å². The zero-order chi connectivity index (χ0) is 19.3. The second kappa shape index (κ2) is 7.75. The van der Waals surface area contributed by atoms with E-state index in [1.54, 1.807) is 49.5 Å². The Balaban J connectivity index is 1.46. The fourth-order valence-electron chi connectivity index (χ4n) is 2.60. The van der Waals surface area contributed by atoms with E-state index in [1.807, 2.05) is 12.1 Å². The quantitative estimate of drug-likeness (QED) is 0.545. The number of hydrogen-bond acceptors (Lipinski definition) is 7.